The molecule has 2 rings (SSSR count). The number of allylic oxidation sites excluding steroid dienone is 1. The van der Waals surface area contributed by atoms with Gasteiger partial charge in [0.2, 0.25) is 0 Å². The summed E-state index contributed by atoms with van der Waals surface area (Å²) in [5, 5.41) is 0. The summed E-state index contributed by atoms with van der Waals surface area (Å²) in [6.07, 6.45) is 4.04. The lowest BCUT2D eigenvalue weighted by Gasteiger charge is -2.08. The van der Waals surface area contributed by atoms with E-state index < -0.39 is 10.0 Å². The van der Waals surface area contributed by atoms with Crippen molar-refractivity contribution in [3.63, 3.8) is 0 Å². The summed E-state index contributed by atoms with van der Waals surface area (Å²) in [7, 11) is 3.50. The smallest absolute Gasteiger partial charge is 0.283 e. The molecule has 0 heterocycles. The summed E-state index contributed by atoms with van der Waals surface area (Å²) in [6, 6.07) is 6.81. The molecule has 7 heteroatoms. The topological polar surface area (TPSA) is 70.0 Å². The van der Waals surface area contributed by atoms with Crippen LogP contribution in [0.2, 0.25) is 0 Å². The maximum Gasteiger partial charge on any atom is 0.283 e. The molecule has 6 nitrogen and oxygen atoms in total. The Morgan fingerprint density at radius 2 is 1.65 bits per heavy atom. The summed E-state index contributed by atoms with van der Waals surface area (Å²) in [6.45, 7) is 4.25. The zero-order chi connectivity index (χ0) is 19.7. The molecule has 0 spiro atoms. The van der Waals surface area contributed by atoms with Gasteiger partial charge in [-0.15, -0.1) is 4.40 Å². The maximum absolute atomic E-state index is 12.2. The van der Waals surface area contributed by atoms with Crippen molar-refractivity contribution in [2.75, 3.05) is 28.2 Å². The number of hydrogen-bond donors (Lipinski definition) is 0. The highest BCUT2D eigenvalue weighted by molar-refractivity contribution is 7.90. The Hall–Kier alpha value is -2.15. The Morgan fingerprint density at radius 3 is 2.12 bits per heavy atom. The maximum atomic E-state index is 12.2. The molecule has 0 aliphatic heterocycles. The number of carbonyl (C=O) groups is 1. The predicted octanol–water partition coefficient (Wildman–Crippen LogP) is 2.35. The van der Waals surface area contributed by atoms with E-state index in [1.54, 1.807) is 31.1 Å². The van der Waals surface area contributed by atoms with Crippen molar-refractivity contribution < 1.29 is 13.2 Å². The zero-order valence-corrected chi connectivity index (χ0v) is 17.0. The van der Waals surface area contributed by atoms with Crippen LogP contribution in [0.4, 0.5) is 0 Å². The van der Waals surface area contributed by atoms with Crippen LogP contribution >= 0.6 is 0 Å². The average Bonchev–Trinajstić information content (AvgIpc) is 3.13. The second-order valence-corrected chi connectivity index (χ2v) is 9.35. The fraction of sp³-hybridized carbons (Fsp3) is 0.474. The van der Waals surface area contributed by atoms with Crippen LogP contribution in [-0.2, 0) is 14.8 Å². The second kappa shape index (κ2) is 7.23. The van der Waals surface area contributed by atoms with E-state index in [0.29, 0.717) is 0 Å². The van der Waals surface area contributed by atoms with Crippen LogP contribution in [0.25, 0.3) is 0 Å². The first-order chi connectivity index (χ1) is 12.0. The zero-order valence-electron chi connectivity index (χ0n) is 16.2. The van der Waals surface area contributed by atoms with Crippen molar-refractivity contribution in [3.8, 4) is 0 Å². The van der Waals surface area contributed by atoms with Gasteiger partial charge in [-0.05, 0) is 29.0 Å². The van der Waals surface area contributed by atoms with E-state index in [4.69, 9.17) is 0 Å². The molecule has 1 aromatic carbocycles. The molecule has 0 aromatic heterocycles. The number of rotatable bonds is 7. The molecule has 1 aromatic rings. The summed E-state index contributed by atoms with van der Waals surface area (Å²) in [5.74, 6) is 0.303. The highest BCUT2D eigenvalue weighted by Crippen LogP contribution is 2.67. The van der Waals surface area contributed by atoms with Crippen LogP contribution in [0.1, 0.15) is 25.3 Å². The number of sulfonamides is 1. The highest BCUT2D eigenvalue weighted by atomic mass is 32.2. The van der Waals surface area contributed by atoms with Crippen molar-refractivity contribution >= 4 is 22.6 Å². The largest absolute Gasteiger partial charge is 0.383 e. The third kappa shape index (κ3) is 4.15. The molecule has 142 valence electrons. The van der Waals surface area contributed by atoms with Crippen LogP contribution in [-0.4, -0.2) is 59.0 Å². The molecule has 0 saturated heterocycles. The van der Waals surface area contributed by atoms with Gasteiger partial charge >= 0.3 is 0 Å². The highest BCUT2D eigenvalue weighted by Gasteiger charge is 2.59. The number of aldehydes is 1. The molecule has 2 atom stereocenters. The first-order valence-corrected chi connectivity index (χ1v) is 9.85. The van der Waals surface area contributed by atoms with E-state index in [9.17, 15) is 13.2 Å². The molecule has 1 fully saturated rings. The average molecular weight is 378 g/mol. The molecule has 1 saturated carbocycles. The van der Waals surface area contributed by atoms with E-state index in [0.717, 1.165) is 17.4 Å². The summed E-state index contributed by atoms with van der Waals surface area (Å²) >= 11 is 0. The first-order valence-electron chi connectivity index (χ1n) is 8.41. The van der Waals surface area contributed by atoms with E-state index in [-0.39, 0.29) is 22.1 Å². The van der Waals surface area contributed by atoms with Gasteiger partial charge in [0.05, 0.1) is 4.90 Å². The lowest BCUT2D eigenvalue weighted by Crippen LogP contribution is -2.10. The van der Waals surface area contributed by atoms with Crippen LogP contribution in [0, 0.1) is 11.3 Å². The molecule has 26 heavy (non-hydrogen) atoms. The van der Waals surface area contributed by atoms with Crippen LogP contribution < -0.4 is 0 Å². The summed E-state index contributed by atoms with van der Waals surface area (Å²) < 4.78 is 28.1. The van der Waals surface area contributed by atoms with Gasteiger partial charge in [-0.3, -0.25) is 4.79 Å². The summed E-state index contributed by atoms with van der Waals surface area (Å²) in [5.41, 5.74) is 1.74. The standard InChI is InChI=1S/C19H27N3O3S/c1-19(2)17(18(19)15(12-23)11-21(3)4)14-7-9-16(10-8-14)26(24,25)20-13-22(5)6/h7-13,17-18H,1-6H3/t17-,18-/m1/s1. The van der Waals surface area contributed by atoms with Crippen LogP contribution in [0.5, 0.6) is 0 Å². The summed E-state index contributed by atoms with van der Waals surface area (Å²) in [4.78, 5) is 15.1. The van der Waals surface area contributed by atoms with Crippen molar-refractivity contribution in [1.82, 2.24) is 9.80 Å². The van der Waals surface area contributed by atoms with Gasteiger partial charge in [0, 0.05) is 45.9 Å². The minimum absolute atomic E-state index is 0.0494. The lowest BCUT2D eigenvalue weighted by molar-refractivity contribution is -0.105. The third-order valence-electron chi connectivity index (χ3n) is 4.68. The van der Waals surface area contributed by atoms with Gasteiger partial charge in [-0.1, -0.05) is 26.0 Å². The van der Waals surface area contributed by atoms with Gasteiger partial charge < -0.3 is 9.80 Å². The Labute approximate surface area is 156 Å². The van der Waals surface area contributed by atoms with E-state index in [2.05, 4.69) is 18.2 Å². The van der Waals surface area contributed by atoms with Gasteiger partial charge in [0.15, 0.2) is 0 Å². The van der Waals surface area contributed by atoms with E-state index in [1.165, 1.54) is 6.34 Å². The van der Waals surface area contributed by atoms with Gasteiger partial charge in [-0.25, -0.2) is 0 Å². The molecule has 1 aliphatic rings. The second-order valence-electron chi connectivity index (χ2n) is 7.72. The van der Waals surface area contributed by atoms with Crippen molar-refractivity contribution in [2.45, 2.75) is 24.7 Å². The third-order valence-corrected chi connectivity index (χ3v) is 5.92. The van der Waals surface area contributed by atoms with E-state index >= 15 is 0 Å². The van der Waals surface area contributed by atoms with Crippen molar-refractivity contribution in [2.24, 2.45) is 15.7 Å². The fourth-order valence-corrected chi connectivity index (χ4v) is 4.34. The fourth-order valence-electron chi connectivity index (χ4n) is 3.43. The Bertz CT molecular complexity index is 822. The molecule has 0 amide bonds. The number of benzene rings is 1. The molecular weight excluding hydrogens is 350 g/mol. The monoisotopic (exact) mass is 377 g/mol. The van der Waals surface area contributed by atoms with Gasteiger partial charge in [0.1, 0.15) is 12.6 Å². The van der Waals surface area contributed by atoms with Crippen LogP contribution in [0.3, 0.4) is 0 Å². The normalized spacial score (nSPS) is 22.3. The van der Waals surface area contributed by atoms with E-state index in [1.807, 2.05) is 37.3 Å². The molecule has 0 unspecified atom stereocenters. The molecule has 0 bridgehead atoms. The number of carbonyl (C=O) groups excluding carboxylic acids is 1. The SMILES string of the molecule is CN(C)C=NS(=O)(=O)c1ccc([C@@H]2[C@@H](C(C=O)=CN(C)C)C2(C)C)cc1. The molecule has 0 N–H and O–H groups in total. The lowest BCUT2D eigenvalue weighted by atomic mass is 10.0. The molecular formula is C19H27N3O3S. The Kier molecular flexibility index (Phi) is 5.61. The minimum Gasteiger partial charge on any atom is -0.383 e. The predicted molar refractivity (Wildman–Crippen MR) is 104 cm³/mol. The first kappa shape index (κ1) is 20.2. The Morgan fingerprint density at radius 1 is 1.08 bits per heavy atom. The van der Waals surface area contributed by atoms with Crippen molar-refractivity contribution in [3.05, 3.63) is 41.6 Å². The number of hydrogen-bond acceptors (Lipinski definition) is 4. The quantitative estimate of drug-likeness (QED) is 0.316. The minimum atomic E-state index is -3.70. The van der Waals surface area contributed by atoms with Crippen LogP contribution in [0.15, 0.2) is 45.3 Å². The molecule has 0 radical (unpaired) electrons. The van der Waals surface area contributed by atoms with Crippen molar-refractivity contribution in [1.29, 1.82) is 0 Å². The van der Waals surface area contributed by atoms with Gasteiger partial charge in [0.25, 0.3) is 10.0 Å². The molecule has 1 aliphatic carbocycles. The van der Waals surface area contributed by atoms with Gasteiger partial charge in [-0.2, -0.15) is 8.42 Å². The number of nitrogens with zero attached hydrogens (tertiary/aromatic N) is 3. The Balaban J connectivity index is 2.28.